The van der Waals surface area contributed by atoms with Gasteiger partial charge in [-0.2, -0.15) is 0 Å². The first-order valence-electron chi connectivity index (χ1n) is 3.83. The molecule has 2 heterocycles. The Labute approximate surface area is 66.7 Å². The van der Waals surface area contributed by atoms with Crippen LogP contribution in [0.3, 0.4) is 0 Å². The number of nitrogens with zero attached hydrogens (tertiary/aromatic N) is 1. The Kier molecular flexibility index (Phi) is 1.54. The summed E-state index contributed by atoms with van der Waals surface area (Å²) in [4.78, 5) is 0. The highest BCUT2D eigenvalue weighted by molar-refractivity contribution is 7.89. The summed E-state index contributed by atoms with van der Waals surface area (Å²) < 4.78 is 24.2. The summed E-state index contributed by atoms with van der Waals surface area (Å²) in [5.74, 6) is 0.575. The van der Waals surface area contributed by atoms with Crippen LogP contribution in [-0.2, 0) is 10.0 Å². The third-order valence-electron chi connectivity index (χ3n) is 2.21. The molecular weight excluding hydrogens is 162 g/mol. The minimum atomic E-state index is -2.87. The Morgan fingerprint density at radius 2 is 2.27 bits per heavy atom. The van der Waals surface area contributed by atoms with Crippen LogP contribution in [0.15, 0.2) is 12.2 Å². The van der Waals surface area contributed by atoms with E-state index in [9.17, 15) is 8.42 Å². The van der Waals surface area contributed by atoms with Crippen molar-refractivity contribution in [2.45, 2.75) is 6.42 Å². The van der Waals surface area contributed by atoms with Crippen LogP contribution in [0.4, 0.5) is 0 Å². The topological polar surface area (TPSA) is 37.4 Å². The standard InChI is InChI=1S/C7H11NO2S/c9-11(10)6-7-3-1-2-4-8(11)5-7/h1,3,7H,2,4-6H2. The number of hydrogen-bond donors (Lipinski definition) is 0. The predicted octanol–water partition coefficient (Wildman–Crippen LogP) is 0.208. The summed E-state index contributed by atoms with van der Waals surface area (Å²) in [6.07, 6.45) is 4.99. The summed E-state index contributed by atoms with van der Waals surface area (Å²) in [6, 6.07) is 0. The molecule has 0 radical (unpaired) electrons. The number of rotatable bonds is 0. The molecule has 0 aromatic rings. The van der Waals surface area contributed by atoms with E-state index in [1.165, 1.54) is 0 Å². The summed E-state index contributed by atoms with van der Waals surface area (Å²) >= 11 is 0. The average Bonchev–Trinajstić information content (AvgIpc) is 2.18. The van der Waals surface area contributed by atoms with Gasteiger partial charge in [0.25, 0.3) is 0 Å². The molecule has 1 saturated heterocycles. The lowest BCUT2D eigenvalue weighted by atomic mass is 10.2. The van der Waals surface area contributed by atoms with Crippen LogP contribution < -0.4 is 0 Å². The van der Waals surface area contributed by atoms with E-state index in [-0.39, 0.29) is 5.92 Å². The van der Waals surface area contributed by atoms with Gasteiger partial charge < -0.3 is 0 Å². The van der Waals surface area contributed by atoms with Gasteiger partial charge >= 0.3 is 0 Å². The second-order valence-electron chi connectivity index (χ2n) is 3.11. The maximum atomic E-state index is 11.3. The Balaban J connectivity index is 2.34. The van der Waals surface area contributed by atoms with Gasteiger partial charge in [0.2, 0.25) is 10.0 Å². The molecule has 1 fully saturated rings. The molecule has 2 aliphatic rings. The van der Waals surface area contributed by atoms with Crippen LogP contribution in [0.2, 0.25) is 0 Å². The molecule has 0 aliphatic carbocycles. The van der Waals surface area contributed by atoms with Crippen LogP contribution in [-0.4, -0.2) is 31.6 Å². The zero-order chi connectivity index (χ0) is 7.90. The lowest BCUT2D eigenvalue weighted by Gasteiger charge is -2.11. The molecule has 0 amide bonds. The molecule has 4 heteroatoms. The van der Waals surface area contributed by atoms with Crippen molar-refractivity contribution in [1.29, 1.82) is 0 Å². The molecule has 2 rings (SSSR count). The summed E-state index contributed by atoms with van der Waals surface area (Å²) in [6.45, 7) is 1.38. The van der Waals surface area contributed by atoms with Crippen molar-refractivity contribution in [3.63, 3.8) is 0 Å². The summed E-state index contributed by atoms with van der Waals surface area (Å²) in [5.41, 5.74) is 0. The summed E-state index contributed by atoms with van der Waals surface area (Å²) in [5, 5.41) is 0. The second-order valence-corrected chi connectivity index (χ2v) is 5.13. The van der Waals surface area contributed by atoms with E-state index in [4.69, 9.17) is 0 Å². The van der Waals surface area contributed by atoms with Crippen molar-refractivity contribution in [1.82, 2.24) is 4.31 Å². The molecule has 0 spiro atoms. The molecule has 2 aliphatic heterocycles. The quantitative estimate of drug-likeness (QED) is 0.491. The Morgan fingerprint density at radius 1 is 1.45 bits per heavy atom. The van der Waals surface area contributed by atoms with Gasteiger partial charge in [0.1, 0.15) is 0 Å². The van der Waals surface area contributed by atoms with E-state index in [2.05, 4.69) is 6.08 Å². The van der Waals surface area contributed by atoms with E-state index in [1.54, 1.807) is 4.31 Å². The van der Waals surface area contributed by atoms with Crippen molar-refractivity contribution in [2.24, 2.45) is 5.92 Å². The minimum absolute atomic E-state index is 0.252. The molecule has 2 bridgehead atoms. The van der Waals surface area contributed by atoms with Crippen LogP contribution in [0, 0.1) is 5.92 Å². The van der Waals surface area contributed by atoms with Gasteiger partial charge in [-0.3, -0.25) is 0 Å². The molecule has 11 heavy (non-hydrogen) atoms. The van der Waals surface area contributed by atoms with E-state index < -0.39 is 10.0 Å². The smallest absolute Gasteiger partial charge is 0.212 e. The van der Waals surface area contributed by atoms with Gasteiger partial charge in [-0.1, -0.05) is 12.2 Å². The maximum absolute atomic E-state index is 11.3. The van der Waals surface area contributed by atoms with Gasteiger partial charge in [0, 0.05) is 19.0 Å². The maximum Gasteiger partial charge on any atom is 0.214 e. The number of hydrogen-bond acceptors (Lipinski definition) is 2. The van der Waals surface area contributed by atoms with E-state index in [1.807, 2.05) is 6.08 Å². The molecule has 0 saturated carbocycles. The Hall–Kier alpha value is -0.350. The second kappa shape index (κ2) is 2.32. The molecule has 2 unspecified atom stereocenters. The van der Waals surface area contributed by atoms with Crippen LogP contribution in [0.25, 0.3) is 0 Å². The molecule has 3 nitrogen and oxygen atoms in total. The summed E-state index contributed by atoms with van der Waals surface area (Å²) in [7, 11) is -2.87. The van der Waals surface area contributed by atoms with E-state index >= 15 is 0 Å². The van der Waals surface area contributed by atoms with Gasteiger partial charge in [-0.25, -0.2) is 12.7 Å². The normalized spacial score (nSPS) is 40.4. The largest absolute Gasteiger partial charge is 0.214 e. The van der Waals surface area contributed by atoms with Gasteiger partial charge in [0.15, 0.2) is 0 Å². The van der Waals surface area contributed by atoms with Crippen LogP contribution >= 0.6 is 0 Å². The fraction of sp³-hybridized carbons (Fsp3) is 0.714. The Bertz CT molecular complexity index is 281. The van der Waals surface area contributed by atoms with Crippen molar-refractivity contribution in [3.8, 4) is 0 Å². The zero-order valence-corrected chi connectivity index (χ0v) is 7.05. The predicted molar refractivity (Wildman–Crippen MR) is 42.6 cm³/mol. The monoisotopic (exact) mass is 173 g/mol. The van der Waals surface area contributed by atoms with Crippen molar-refractivity contribution in [3.05, 3.63) is 12.2 Å². The fourth-order valence-corrected chi connectivity index (χ4v) is 3.43. The van der Waals surface area contributed by atoms with Crippen LogP contribution in [0.1, 0.15) is 6.42 Å². The highest BCUT2D eigenvalue weighted by Crippen LogP contribution is 2.23. The highest BCUT2D eigenvalue weighted by Gasteiger charge is 2.34. The first-order chi connectivity index (χ1) is 5.18. The molecule has 0 aromatic carbocycles. The van der Waals surface area contributed by atoms with Crippen molar-refractivity contribution >= 4 is 10.0 Å². The SMILES string of the molecule is O=S1(=O)CC2C=CCCN1C2. The lowest BCUT2D eigenvalue weighted by Crippen LogP contribution is -2.26. The minimum Gasteiger partial charge on any atom is -0.212 e. The van der Waals surface area contributed by atoms with Gasteiger partial charge in [0.05, 0.1) is 5.75 Å². The van der Waals surface area contributed by atoms with Gasteiger partial charge in [-0.15, -0.1) is 0 Å². The highest BCUT2D eigenvalue weighted by atomic mass is 32.2. The lowest BCUT2D eigenvalue weighted by molar-refractivity contribution is 0.439. The molecule has 2 atom stereocenters. The molecular formula is C7H11NO2S. The van der Waals surface area contributed by atoms with Crippen molar-refractivity contribution in [2.75, 3.05) is 18.8 Å². The molecule has 62 valence electrons. The number of fused-ring (bicyclic) bond motifs is 2. The third-order valence-corrected chi connectivity index (χ3v) is 4.18. The first kappa shape index (κ1) is 7.31. The molecule has 0 N–H and O–H groups in total. The molecule has 0 aromatic heterocycles. The Morgan fingerprint density at radius 3 is 3.09 bits per heavy atom. The van der Waals surface area contributed by atoms with Crippen LogP contribution in [0.5, 0.6) is 0 Å². The van der Waals surface area contributed by atoms with Gasteiger partial charge in [-0.05, 0) is 6.42 Å². The number of sulfonamides is 1. The fourth-order valence-electron chi connectivity index (χ4n) is 1.66. The van der Waals surface area contributed by atoms with Crippen molar-refractivity contribution < 1.29 is 8.42 Å². The zero-order valence-electron chi connectivity index (χ0n) is 6.23. The average molecular weight is 173 g/mol. The first-order valence-corrected chi connectivity index (χ1v) is 5.44. The van der Waals surface area contributed by atoms with E-state index in [0.29, 0.717) is 18.8 Å². The third kappa shape index (κ3) is 1.20. The van der Waals surface area contributed by atoms with E-state index in [0.717, 1.165) is 6.42 Å².